The van der Waals surface area contributed by atoms with Crippen LogP contribution in [-0.2, 0) is 6.54 Å². The number of hydrogen-bond acceptors (Lipinski definition) is 6. The second-order valence-electron chi connectivity index (χ2n) is 8.10. The number of fused-ring (bicyclic) bond motifs is 1. The van der Waals surface area contributed by atoms with Crippen LogP contribution >= 0.6 is 11.6 Å². The summed E-state index contributed by atoms with van der Waals surface area (Å²) in [6, 6.07) is 12.9. The van der Waals surface area contributed by atoms with E-state index in [1.54, 1.807) is 18.2 Å². The molecule has 1 aliphatic rings. The van der Waals surface area contributed by atoms with Gasteiger partial charge in [0.2, 0.25) is 0 Å². The average molecular weight is 467 g/mol. The lowest BCUT2D eigenvalue weighted by atomic mass is 10.1. The van der Waals surface area contributed by atoms with Crippen LogP contribution in [0.5, 0.6) is 11.5 Å². The molecular weight excluding hydrogens is 440 g/mol. The molecular formula is C25H27ClN4O3. The Hall–Kier alpha value is -3.21. The Morgan fingerprint density at radius 3 is 2.76 bits per heavy atom. The molecule has 0 unspecified atom stereocenters. The second-order valence-corrected chi connectivity index (χ2v) is 8.47. The van der Waals surface area contributed by atoms with Gasteiger partial charge in [-0.2, -0.15) is 5.26 Å². The van der Waals surface area contributed by atoms with Gasteiger partial charge in [-0.1, -0.05) is 11.6 Å². The third kappa shape index (κ3) is 5.41. The normalized spacial score (nSPS) is 13.7. The molecule has 7 nitrogen and oxygen atoms in total. The highest BCUT2D eigenvalue weighted by molar-refractivity contribution is 6.36. The van der Waals surface area contributed by atoms with Crippen molar-refractivity contribution in [3.63, 3.8) is 0 Å². The van der Waals surface area contributed by atoms with E-state index < -0.39 is 0 Å². The molecule has 0 aliphatic carbocycles. The smallest absolute Gasteiger partial charge is 0.253 e. The number of likely N-dealkylation sites (tertiary alicyclic amines) is 1. The first-order chi connectivity index (χ1) is 16.1. The van der Waals surface area contributed by atoms with Crippen LogP contribution in [0.4, 0.5) is 5.69 Å². The summed E-state index contributed by atoms with van der Waals surface area (Å²) in [6.45, 7) is 4.28. The molecule has 0 atom stereocenters. The molecule has 33 heavy (non-hydrogen) atoms. The number of aromatic amines is 1. The van der Waals surface area contributed by atoms with E-state index in [0.29, 0.717) is 46.3 Å². The zero-order chi connectivity index (χ0) is 23.2. The van der Waals surface area contributed by atoms with Crippen LogP contribution in [0, 0.1) is 11.3 Å². The van der Waals surface area contributed by atoms with Crippen molar-refractivity contribution in [2.75, 3.05) is 38.7 Å². The van der Waals surface area contributed by atoms with Crippen molar-refractivity contribution in [2.24, 2.45) is 0 Å². The highest BCUT2D eigenvalue weighted by Gasteiger charge is 2.13. The number of nitrogens with one attached hydrogen (secondary N) is 2. The Labute approximate surface area is 197 Å². The quantitative estimate of drug-likeness (QED) is 0.450. The van der Waals surface area contributed by atoms with Gasteiger partial charge in [0.15, 0.2) is 0 Å². The zero-order valence-electron chi connectivity index (χ0n) is 18.6. The largest absolute Gasteiger partial charge is 0.495 e. The summed E-state index contributed by atoms with van der Waals surface area (Å²) in [5.41, 5.74) is 2.13. The summed E-state index contributed by atoms with van der Waals surface area (Å²) in [5, 5.41) is 13.6. The predicted molar refractivity (Wildman–Crippen MR) is 130 cm³/mol. The number of ether oxygens (including phenoxy) is 2. The van der Waals surface area contributed by atoms with Crippen molar-refractivity contribution in [3.05, 3.63) is 62.9 Å². The molecule has 0 radical (unpaired) electrons. The minimum absolute atomic E-state index is 0.219. The van der Waals surface area contributed by atoms with Crippen LogP contribution in [0.25, 0.3) is 10.9 Å². The van der Waals surface area contributed by atoms with Gasteiger partial charge >= 0.3 is 0 Å². The number of pyridine rings is 1. The Bertz CT molecular complexity index is 1230. The summed E-state index contributed by atoms with van der Waals surface area (Å²) in [7, 11) is 1.52. The Morgan fingerprint density at radius 2 is 2.00 bits per heavy atom. The first kappa shape index (κ1) is 23.0. The number of nitriles is 1. The van der Waals surface area contributed by atoms with Crippen LogP contribution in [0.3, 0.4) is 0 Å². The summed E-state index contributed by atoms with van der Waals surface area (Å²) >= 11 is 6.55. The van der Waals surface area contributed by atoms with Gasteiger partial charge in [0.25, 0.3) is 5.56 Å². The summed E-state index contributed by atoms with van der Waals surface area (Å²) in [5.74, 6) is 1.06. The first-order valence-corrected chi connectivity index (χ1v) is 11.5. The lowest BCUT2D eigenvalue weighted by molar-refractivity contribution is 0.263. The van der Waals surface area contributed by atoms with E-state index in [-0.39, 0.29) is 5.56 Å². The number of benzene rings is 2. The molecule has 1 aromatic heterocycles. The number of H-pyrrole nitrogens is 1. The molecule has 1 aliphatic heterocycles. The third-order valence-corrected chi connectivity index (χ3v) is 6.25. The fraction of sp³-hybridized carbons (Fsp3) is 0.360. The molecule has 1 fully saturated rings. The van der Waals surface area contributed by atoms with E-state index in [0.717, 1.165) is 24.0 Å². The van der Waals surface area contributed by atoms with Gasteiger partial charge in [0.1, 0.15) is 22.6 Å². The van der Waals surface area contributed by atoms with Gasteiger partial charge in [-0.25, -0.2) is 0 Å². The molecule has 0 amide bonds. The van der Waals surface area contributed by atoms with Crippen LogP contribution in [-0.4, -0.2) is 43.2 Å². The topological polar surface area (TPSA) is 90.4 Å². The van der Waals surface area contributed by atoms with Gasteiger partial charge < -0.3 is 24.7 Å². The Balaban J connectivity index is 1.43. The molecule has 0 bridgehead atoms. The summed E-state index contributed by atoms with van der Waals surface area (Å²) in [6.07, 6.45) is 3.50. The number of halogens is 1. The van der Waals surface area contributed by atoms with Crippen molar-refractivity contribution in [3.8, 4) is 17.6 Å². The molecule has 4 rings (SSSR count). The van der Waals surface area contributed by atoms with Crippen molar-refractivity contribution < 1.29 is 9.47 Å². The van der Waals surface area contributed by atoms with E-state index in [4.69, 9.17) is 26.3 Å². The van der Waals surface area contributed by atoms with Crippen LogP contribution in [0.15, 0.2) is 41.2 Å². The van der Waals surface area contributed by atoms with Gasteiger partial charge in [0.05, 0.1) is 24.8 Å². The van der Waals surface area contributed by atoms with Crippen molar-refractivity contribution >= 4 is 28.2 Å². The van der Waals surface area contributed by atoms with E-state index in [2.05, 4.69) is 21.3 Å². The first-order valence-electron chi connectivity index (χ1n) is 11.1. The van der Waals surface area contributed by atoms with Gasteiger partial charge in [-0.05, 0) is 62.7 Å². The summed E-state index contributed by atoms with van der Waals surface area (Å²) in [4.78, 5) is 18.0. The molecule has 2 heterocycles. The minimum Gasteiger partial charge on any atom is -0.495 e. The van der Waals surface area contributed by atoms with Crippen LogP contribution in [0.2, 0.25) is 5.02 Å². The van der Waals surface area contributed by atoms with Gasteiger partial charge in [0, 0.05) is 35.8 Å². The minimum atomic E-state index is -0.219. The second kappa shape index (κ2) is 10.6. The molecule has 2 N–H and O–H groups in total. The monoisotopic (exact) mass is 466 g/mol. The predicted octanol–water partition coefficient (Wildman–Crippen LogP) is 4.54. The number of aromatic nitrogens is 1. The van der Waals surface area contributed by atoms with Gasteiger partial charge in [-0.3, -0.25) is 4.79 Å². The van der Waals surface area contributed by atoms with E-state index in [1.165, 1.54) is 33.0 Å². The maximum absolute atomic E-state index is 12.7. The standard InChI is InChI=1S/C25H27ClN4O3/c1-32-22-14-20(7-5-18(22)15-27)28-16-19-13-17-6-8-21(23(26)24(17)29-25(19)31)33-12-4-11-30-9-2-3-10-30/h5-8,13-14,28H,2-4,9-12,16H2,1H3,(H,29,31). The molecule has 172 valence electrons. The molecule has 2 aromatic carbocycles. The van der Waals surface area contributed by atoms with Gasteiger partial charge in [-0.15, -0.1) is 0 Å². The lowest BCUT2D eigenvalue weighted by Gasteiger charge is -2.15. The molecule has 1 saturated heterocycles. The fourth-order valence-electron chi connectivity index (χ4n) is 4.08. The van der Waals surface area contributed by atoms with Crippen molar-refractivity contribution in [1.82, 2.24) is 9.88 Å². The highest BCUT2D eigenvalue weighted by Crippen LogP contribution is 2.31. The van der Waals surface area contributed by atoms with E-state index in [9.17, 15) is 4.79 Å². The zero-order valence-corrected chi connectivity index (χ0v) is 19.4. The lowest BCUT2D eigenvalue weighted by Crippen LogP contribution is -2.22. The average Bonchev–Trinajstić information content (AvgIpc) is 3.35. The molecule has 0 spiro atoms. The Kier molecular flexibility index (Phi) is 7.38. The van der Waals surface area contributed by atoms with Crippen molar-refractivity contribution in [1.29, 1.82) is 5.26 Å². The number of methoxy groups -OCH3 is 1. The molecule has 3 aromatic rings. The third-order valence-electron chi connectivity index (χ3n) is 5.88. The SMILES string of the molecule is COc1cc(NCc2cc3ccc(OCCCN4CCCC4)c(Cl)c3[nH]c2=O)ccc1C#N. The molecule has 8 heteroatoms. The van der Waals surface area contributed by atoms with E-state index >= 15 is 0 Å². The maximum atomic E-state index is 12.7. The van der Waals surface area contributed by atoms with E-state index in [1.807, 2.05) is 18.2 Å². The number of rotatable bonds is 9. The number of anilines is 1. The highest BCUT2D eigenvalue weighted by atomic mass is 35.5. The molecule has 0 saturated carbocycles. The van der Waals surface area contributed by atoms with Crippen LogP contribution in [0.1, 0.15) is 30.4 Å². The fourth-order valence-corrected chi connectivity index (χ4v) is 4.35. The summed E-state index contributed by atoms with van der Waals surface area (Å²) < 4.78 is 11.1. The van der Waals surface area contributed by atoms with Crippen molar-refractivity contribution in [2.45, 2.75) is 25.8 Å². The number of hydrogen-bond donors (Lipinski definition) is 2. The number of nitrogens with zero attached hydrogens (tertiary/aromatic N) is 2. The maximum Gasteiger partial charge on any atom is 0.253 e. The van der Waals surface area contributed by atoms with Crippen LogP contribution < -0.4 is 20.3 Å². The Morgan fingerprint density at radius 1 is 1.18 bits per heavy atom.